The molecule has 0 heterocycles. The van der Waals surface area contributed by atoms with Gasteiger partial charge < -0.3 is 0 Å². The van der Waals surface area contributed by atoms with Gasteiger partial charge in [0.15, 0.2) is 0 Å². The van der Waals surface area contributed by atoms with Crippen molar-refractivity contribution in [3.63, 3.8) is 0 Å². The zero-order valence-electron chi connectivity index (χ0n) is 5.93. The number of alkyl halides is 2. The summed E-state index contributed by atoms with van der Waals surface area (Å²) in [4.78, 5) is 10.7. The summed E-state index contributed by atoms with van der Waals surface area (Å²) >= 11 is 5.50. The van der Waals surface area contributed by atoms with Gasteiger partial charge in [-0.2, -0.15) is 0 Å². The van der Waals surface area contributed by atoms with Crippen LogP contribution in [-0.4, -0.2) is 12.2 Å². The molecule has 0 amide bonds. The SMILES string of the molecule is O=C(c1cccc(Cl)c1)C(F)F. The second-order valence-electron chi connectivity index (χ2n) is 2.18. The van der Waals surface area contributed by atoms with E-state index in [1.807, 2.05) is 0 Å². The van der Waals surface area contributed by atoms with Gasteiger partial charge in [0, 0.05) is 10.6 Å². The fraction of sp³-hybridized carbons (Fsp3) is 0.125. The number of ketones is 1. The maximum atomic E-state index is 11.9. The molecule has 0 unspecified atom stereocenters. The van der Waals surface area contributed by atoms with Crippen LogP contribution in [-0.2, 0) is 0 Å². The Labute approximate surface area is 73.0 Å². The lowest BCUT2D eigenvalue weighted by molar-refractivity contribution is 0.0679. The van der Waals surface area contributed by atoms with Crippen LogP contribution >= 0.6 is 11.6 Å². The van der Waals surface area contributed by atoms with E-state index in [9.17, 15) is 13.6 Å². The van der Waals surface area contributed by atoms with E-state index >= 15 is 0 Å². The van der Waals surface area contributed by atoms with Crippen molar-refractivity contribution in [1.29, 1.82) is 0 Å². The smallest absolute Gasteiger partial charge is 0.288 e. The van der Waals surface area contributed by atoms with Crippen LogP contribution in [0.2, 0.25) is 5.02 Å². The fourth-order valence-corrected chi connectivity index (χ4v) is 0.958. The standard InChI is InChI=1S/C8H5ClF2O/c9-6-3-1-2-5(4-6)7(12)8(10)11/h1-4,8H. The molecule has 0 aromatic heterocycles. The highest BCUT2D eigenvalue weighted by molar-refractivity contribution is 6.31. The first-order valence-electron chi connectivity index (χ1n) is 3.19. The van der Waals surface area contributed by atoms with Gasteiger partial charge in [0.2, 0.25) is 5.78 Å². The van der Waals surface area contributed by atoms with Crippen molar-refractivity contribution in [2.45, 2.75) is 6.43 Å². The fourth-order valence-electron chi connectivity index (χ4n) is 0.768. The Hall–Kier alpha value is -0.960. The minimum absolute atomic E-state index is 0.0579. The van der Waals surface area contributed by atoms with Crippen molar-refractivity contribution in [2.75, 3.05) is 0 Å². The molecule has 64 valence electrons. The number of hydrogen-bond donors (Lipinski definition) is 0. The second kappa shape index (κ2) is 3.63. The molecule has 0 saturated heterocycles. The normalized spacial score (nSPS) is 10.3. The molecule has 0 aliphatic rings. The van der Waals surface area contributed by atoms with Gasteiger partial charge in [-0.15, -0.1) is 0 Å². The molecule has 0 N–H and O–H groups in total. The lowest BCUT2D eigenvalue weighted by Crippen LogP contribution is -2.09. The van der Waals surface area contributed by atoms with Gasteiger partial charge in [0.05, 0.1) is 0 Å². The number of carbonyl (C=O) groups excluding carboxylic acids is 1. The molecule has 0 bridgehead atoms. The van der Waals surface area contributed by atoms with Gasteiger partial charge >= 0.3 is 6.43 Å². The largest absolute Gasteiger partial charge is 0.300 e. The molecule has 0 fully saturated rings. The molecular weight excluding hydrogens is 186 g/mol. The van der Waals surface area contributed by atoms with Crippen molar-refractivity contribution in [1.82, 2.24) is 0 Å². The number of rotatable bonds is 2. The number of carbonyl (C=O) groups is 1. The quantitative estimate of drug-likeness (QED) is 0.656. The van der Waals surface area contributed by atoms with Gasteiger partial charge in [-0.3, -0.25) is 4.79 Å². The van der Waals surface area contributed by atoms with Crippen LogP contribution in [0.4, 0.5) is 8.78 Å². The highest BCUT2D eigenvalue weighted by atomic mass is 35.5. The molecule has 12 heavy (non-hydrogen) atoms. The number of hydrogen-bond acceptors (Lipinski definition) is 1. The van der Waals surface area contributed by atoms with Crippen molar-refractivity contribution in [2.24, 2.45) is 0 Å². The topological polar surface area (TPSA) is 17.1 Å². The van der Waals surface area contributed by atoms with Crippen LogP contribution in [0, 0.1) is 0 Å². The highest BCUT2D eigenvalue weighted by Crippen LogP contribution is 2.13. The molecule has 1 rings (SSSR count). The predicted octanol–water partition coefficient (Wildman–Crippen LogP) is 2.79. The Morgan fingerprint density at radius 2 is 2.08 bits per heavy atom. The molecule has 1 aromatic carbocycles. The third kappa shape index (κ3) is 2.01. The van der Waals surface area contributed by atoms with E-state index in [1.54, 1.807) is 0 Å². The van der Waals surface area contributed by atoms with E-state index in [-0.39, 0.29) is 10.6 Å². The lowest BCUT2D eigenvalue weighted by atomic mass is 10.1. The average molecular weight is 191 g/mol. The van der Waals surface area contributed by atoms with Crippen molar-refractivity contribution >= 4 is 17.4 Å². The van der Waals surface area contributed by atoms with E-state index < -0.39 is 12.2 Å². The summed E-state index contributed by atoms with van der Waals surface area (Å²) in [5.41, 5.74) is -0.0579. The minimum Gasteiger partial charge on any atom is -0.288 e. The maximum Gasteiger partial charge on any atom is 0.300 e. The Morgan fingerprint density at radius 3 is 2.58 bits per heavy atom. The highest BCUT2D eigenvalue weighted by Gasteiger charge is 2.17. The summed E-state index contributed by atoms with van der Waals surface area (Å²) in [6.07, 6.45) is -2.97. The molecular formula is C8H5ClF2O. The average Bonchev–Trinajstić information content (AvgIpc) is 2.03. The first kappa shape index (κ1) is 9.13. The van der Waals surface area contributed by atoms with Crippen molar-refractivity contribution < 1.29 is 13.6 Å². The summed E-state index contributed by atoms with van der Waals surface area (Å²) < 4.78 is 23.7. The van der Waals surface area contributed by atoms with E-state index in [0.29, 0.717) is 0 Å². The summed E-state index contributed by atoms with van der Waals surface area (Å²) in [5, 5.41) is 0.279. The second-order valence-corrected chi connectivity index (χ2v) is 2.61. The van der Waals surface area contributed by atoms with Crippen LogP contribution in [0.3, 0.4) is 0 Å². The molecule has 1 nitrogen and oxygen atoms in total. The number of benzene rings is 1. The Kier molecular flexibility index (Phi) is 2.76. The minimum atomic E-state index is -2.97. The Morgan fingerprint density at radius 1 is 1.42 bits per heavy atom. The zero-order valence-corrected chi connectivity index (χ0v) is 6.68. The van der Waals surface area contributed by atoms with Crippen molar-refractivity contribution in [3.8, 4) is 0 Å². The molecule has 0 spiro atoms. The van der Waals surface area contributed by atoms with Crippen LogP contribution in [0.15, 0.2) is 24.3 Å². The number of halogens is 3. The molecule has 4 heteroatoms. The van der Waals surface area contributed by atoms with E-state index in [2.05, 4.69) is 0 Å². The third-order valence-corrected chi connectivity index (χ3v) is 1.54. The van der Waals surface area contributed by atoms with Gasteiger partial charge in [-0.1, -0.05) is 23.7 Å². The van der Waals surface area contributed by atoms with Gasteiger partial charge in [-0.25, -0.2) is 8.78 Å². The summed E-state index contributed by atoms with van der Waals surface area (Å²) in [5.74, 6) is -1.20. The van der Waals surface area contributed by atoms with Crippen LogP contribution in [0.5, 0.6) is 0 Å². The van der Waals surface area contributed by atoms with E-state index in [4.69, 9.17) is 11.6 Å². The monoisotopic (exact) mass is 190 g/mol. The van der Waals surface area contributed by atoms with Crippen LogP contribution in [0.1, 0.15) is 10.4 Å². The lowest BCUT2D eigenvalue weighted by Gasteiger charge is -1.98. The zero-order chi connectivity index (χ0) is 9.14. The molecule has 0 atom stereocenters. The first-order chi connectivity index (χ1) is 5.61. The van der Waals surface area contributed by atoms with Crippen LogP contribution < -0.4 is 0 Å². The summed E-state index contributed by atoms with van der Waals surface area (Å²) in [6.45, 7) is 0. The first-order valence-corrected chi connectivity index (χ1v) is 3.57. The Bertz CT molecular complexity index is 299. The molecule has 0 aliphatic carbocycles. The molecule has 0 saturated carbocycles. The number of Topliss-reactive ketones (excluding diaryl/α,β-unsaturated/α-hetero) is 1. The van der Waals surface area contributed by atoms with Crippen LogP contribution in [0.25, 0.3) is 0 Å². The summed E-state index contributed by atoms with van der Waals surface area (Å²) in [7, 11) is 0. The predicted molar refractivity (Wildman–Crippen MR) is 41.8 cm³/mol. The molecule has 1 aromatic rings. The van der Waals surface area contributed by atoms with Gasteiger partial charge in [0.1, 0.15) is 0 Å². The van der Waals surface area contributed by atoms with E-state index in [1.165, 1.54) is 24.3 Å². The molecule has 0 radical (unpaired) electrons. The van der Waals surface area contributed by atoms with E-state index in [0.717, 1.165) is 0 Å². The van der Waals surface area contributed by atoms with Crippen molar-refractivity contribution in [3.05, 3.63) is 34.9 Å². The Balaban J connectivity index is 2.96. The molecule has 0 aliphatic heterocycles. The van der Waals surface area contributed by atoms with Gasteiger partial charge in [0.25, 0.3) is 0 Å². The maximum absolute atomic E-state index is 11.9. The summed E-state index contributed by atoms with van der Waals surface area (Å²) in [6, 6.07) is 5.50. The third-order valence-electron chi connectivity index (χ3n) is 1.31. The van der Waals surface area contributed by atoms with Gasteiger partial charge in [-0.05, 0) is 12.1 Å².